The first-order chi connectivity index (χ1) is 4.83. The lowest BCUT2D eigenvalue weighted by Crippen LogP contribution is -1.98. The zero-order valence-electron chi connectivity index (χ0n) is 5.24. The quantitative estimate of drug-likeness (QED) is 0.596. The Morgan fingerprint density at radius 1 is 1.60 bits per heavy atom. The number of H-pyrrole nitrogens is 1. The average molecular weight is 157 g/mol. The van der Waals surface area contributed by atoms with Crippen LogP contribution in [0.15, 0.2) is 6.33 Å². The van der Waals surface area contributed by atoms with Crippen molar-refractivity contribution in [1.82, 2.24) is 15.0 Å². The fourth-order valence-electron chi connectivity index (χ4n) is 0.572. The monoisotopic (exact) mass is 157 g/mol. The van der Waals surface area contributed by atoms with Crippen molar-refractivity contribution in [1.29, 1.82) is 0 Å². The molecule has 0 aliphatic heterocycles. The third-order valence-corrected chi connectivity index (χ3v) is 1.20. The standard InChI is InChI=1S/C5H7N3OS/c9-2-1-4-6-3-7-5(10)8-4/h3,9H,1-2H2,(H,6,7,8,10). The first-order valence-corrected chi connectivity index (χ1v) is 3.25. The minimum atomic E-state index is 0.0717. The number of aliphatic hydroxyl groups excluding tert-OH is 1. The minimum absolute atomic E-state index is 0.0717. The predicted octanol–water partition coefficient (Wildman–Crippen LogP) is 0.0690. The van der Waals surface area contributed by atoms with Crippen LogP contribution in [0.1, 0.15) is 5.82 Å². The van der Waals surface area contributed by atoms with E-state index in [1.165, 1.54) is 6.33 Å². The molecule has 2 N–H and O–H groups in total. The molecule has 0 amide bonds. The van der Waals surface area contributed by atoms with E-state index < -0.39 is 0 Å². The van der Waals surface area contributed by atoms with Gasteiger partial charge in [0.2, 0.25) is 0 Å². The first-order valence-electron chi connectivity index (χ1n) is 2.84. The highest BCUT2D eigenvalue weighted by Gasteiger charge is 1.90. The zero-order valence-corrected chi connectivity index (χ0v) is 6.06. The molecule has 10 heavy (non-hydrogen) atoms. The Labute approximate surface area is 63.0 Å². The molecule has 0 aromatic carbocycles. The second-order valence-corrected chi connectivity index (χ2v) is 2.11. The van der Waals surface area contributed by atoms with Gasteiger partial charge >= 0.3 is 0 Å². The Kier molecular flexibility index (Phi) is 2.47. The van der Waals surface area contributed by atoms with Gasteiger partial charge in [-0.25, -0.2) is 9.97 Å². The third kappa shape index (κ3) is 1.85. The number of aromatic amines is 1. The lowest BCUT2D eigenvalue weighted by molar-refractivity contribution is 0.296. The van der Waals surface area contributed by atoms with E-state index in [9.17, 15) is 0 Å². The first kappa shape index (κ1) is 7.30. The van der Waals surface area contributed by atoms with Gasteiger partial charge in [0.05, 0.1) is 6.61 Å². The molecule has 0 aliphatic rings. The maximum Gasteiger partial charge on any atom is 0.199 e. The average Bonchev–Trinajstić information content (AvgIpc) is 1.88. The predicted molar refractivity (Wildman–Crippen MR) is 38.0 cm³/mol. The smallest absolute Gasteiger partial charge is 0.199 e. The van der Waals surface area contributed by atoms with Crippen molar-refractivity contribution in [2.45, 2.75) is 6.42 Å². The number of nitrogens with one attached hydrogen (secondary N) is 1. The summed E-state index contributed by atoms with van der Waals surface area (Å²) < 4.78 is 0.401. The normalized spacial score (nSPS) is 9.70. The van der Waals surface area contributed by atoms with Crippen molar-refractivity contribution in [3.63, 3.8) is 0 Å². The molecule has 0 aliphatic carbocycles. The summed E-state index contributed by atoms with van der Waals surface area (Å²) in [7, 11) is 0. The summed E-state index contributed by atoms with van der Waals surface area (Å²) in [4.78, 5) is 10.3. The van der Waals surface area contributed by atoms with Crippen LogP contribution in [0.5, 0.6) is 0 Å². The van der Waals surface area contributed by atoms with Gasteiger partial charge in [-0.2, -0.15) is 0 Å². The summed E-state index contributed by atoms with van der Waals surface area (Å²) >= 11 is 4.73. The van der Waals surface area contributed by atoms with Crippen LogP contribution in [0.3, 0.4) is 0 Å². The van der Waals surface area contributed by atoms with Crippen LogP contribution in [-0.2, 0) is 6.42 Å². The van der Waals surface area contributed by atoms with Crippen LogP contribution in [0, 0.1) is 4.77 Å². The molecule has 5 heteroatoms. The second kappa shape index (κ2) is 3.38. The zero-order chi connectivity index (χ0) is 7.40. The van der Waals surface area contributed by atoms with E-state index in [4.69, 9.17) is 17.3 Å². The highest BCUT2D eigenvalue weighted by atomic mass is 32.1. The third-order valence-electron chi connectivity index (χ3n) is 0.988. The molecule has 0 saturated heterocycles. The molecule has 0 spiro atoms. The topological polar surface area (TPSA) is 61.8 Å². The molecule has 0 bridgehead atoms. The highest BCUT2D eigenvalue weighted by molar-refractivity contribution is 7.71. The maximum atomic E-state index is 8.50. The summed E-state index contributed by atoms with van der Waals surface area (Å²) in [6.07, 6.45) is 1.87. The van der Waals surface area contributed by atoms with Crippen LogP contribution >= 0.6 is 12.2 Å². The van der Waals surface area contributed by atoms with E-state index >= 15 is 0 Å². The van der Waals surface area contributed by atoms with E-state index in [1.54, 1.807) is 0 Å². The number of nitrogens with zero attached hydrogens (tertiary/aromatic N) is 2. The molecule has 54 valence electrons. The Morgan fingerprint density at radius 3 is 3.00 bits per heavy atom. The SMILES string of the molecule is OCCc1ncnc(=S)[nH]1. The molecule has 0 atom stereocenters. The van der Waals surface area contributed by atoms with Gasteiger partial charge in [0.15, 0.2) is 4.77 Å². The summed E-state index contributed by atoms with van der Waals surface area (Å²) in [6, 6.07) is 0. The summed E-state index contributed by atoms with van der Waals surface area (Å²) in [5.41, 5.74) is 0. The van der Waals surface area contributed by atoms with Crippen LogP contribution in [0.4, 0.5) is 0 Å². The van der Waals surface area contributed by atoms with Gasteiger partial charge < -0.3 is 10.1 Å². The number of aliphatic hydroxyl groups is 1. The van der Waals surface area contributed by atoms with Gasteiger partial charge in [0.1, 0.15) is 12.2 Å². The molecular formula is C5H7N3OS. The number of aromatic nitrogens is 3. The van der Waals surface area contributed by atoms with Crippen molar-refractivity contribution < 1.29 is 5.11 Å². The van der Waals surface area contributed by atoms with Crippen LogP contribution in [-0.4, -0.2) is 26.7 Å². The fraction of sp³-hybridized carbons (Fsp3) is 0.400. The van der Waals surface area contributed by atoms with Gasteiger partial charge in [-0.05, 0) is 12.2 Å². The molecule has 1 rings (SSSR count). The number of hydrogen-bond donors (Lipinski definition) is 2. The molecule has 0 radical (unpaired) electrons. The molecule has 1 aromatic rings. The van der Waals surface area contributed by atoms with Crippen molar-refractivity contribution >= 4 is 12.2 Å². The van der Waals surface area contributed by atoms with Crippen molar-refractivity contribution in [2.24, 2.45) is 0 Å². The van der Waals surface area contributed by atoms with Gasteiger partial charge in [0.25, 0.3) is 0 Å². The Morgan fingerprint density at radius 2 is 2.40 bits per heavy atom. The van der Waals surface area contributed by atoms with E-state index in [0.29, 0.717) is 17.0 Å². The Bertz CT molecular complexity index is 259. The maximum absolute atomic E-state index is 8.50. The van der Waals surface area contributed by atoms with Crippen LogP contribution in [0.25, 0.3) is 0 Å². The summed E-state index contributed by atoms with van der Waals surface area (Å²) in [5.74, 6) is 0.669. The fourth-order valence-corrected chi connectivity index (χ4v) is 0.737. The van der Waals surface area contributed by atoms with E-state index in [1.807, 2.05) is 0 Å². The lowest BCUT2D eigenvalue weighted by Gasteiger charge is -1.93. The van der Waals surface area contributed by atoms with Crippen LogP contribution < -0.4 is 0 Å². The minimum Gasteiger partial charge on any atom is -0.396 e. The van der Waals surface area contributed by atoms with E-state index in [-0.39, 0.29) is 6.61 Å². The number of hydrogen-bond acceptors (Lipinski definition) is 4. The number of rotatable bonds is 2. The highest BCUT2D eigenvalue weighted by Crippen LogP contribution is 1.86. The molecule has 0 fully saturated rings. The largest absolute Gasteiger partial charge is 0.396 e. The van der Waals surface area contributed by atoms with Crippen molar-refractivity contribution in [3.05, 3.63) is 16.9 Å². The van der Waals surface area contributed by atoms with Gasteiger partial charge in [0, 0.05) is 6.42 Å². The van der Waals surface area contributed by atoms with Gasteiger partial charge in [-0.15, -0.1) is 0 Å². The molecule has 1 aromatic heterocycles. The summed E-state index contributed by atoms with van der Waals surface area (Å²) in [5, 5.41) is 8.50. The van der Waals surface area contributed by atoms with Gasteiger partial charge in [-0.1, -0.05) is 0 Å². The molecular weight excluding hydrogens is 150 g/mol. The summed E-state index contributed by atoms with van der Waals surface area (Å²) in [6.45, 7) is 0.0717. The molecule has 1 heterocycles. The van der Waals surface area contributed by atoms with Crippen molar-refractivity contribution in [3.8, 4) is 0 Å². The van der Waals surface area contributed by atoms with E-state index in [2.05, 4.69) is 15.0 Å². The second-order valence-electron chi connectivity index (χ2n) is 1.72. The van der Waals surface area contributed by atoms with Gasteiger partial charge in [-0.3, -0.25) is 0 Å². The molecule has 4 nitrogen and oxygen atoms in total. The van der Waals surface area contributed by atoms with Crippen LogP contribution in [0.2, 0.25) is 0 Å². The van der Waals surface area contributed by atoms with E-state index in [0.717, 1.165) is 0 Å². The van der Waals surface area contributed by atoms with Crippen molar-refractivity contribution in [2.75, 3.05) is 6.61 Å². The lowest BCUT2D eigenvalue weighted by atomic mass is 10.4. The molecule has 0 unspecified atom stereocenters. The Balaban J connectivity index is 2.85. The molecule has 0 saturated carbocycles. The Hall–Kier alpha value is -0.810.